The number of benzene rings is 1. The number of hydrogen-bond acceptors (Lipinski definition) is 1. The first-order valence-corrected chi connectivity index (χ1v) is 5.81. The molecule has 0 aliphatic heterocycles. The molecule has 0 saturated carbocycles. The lowest BCUT2D eigenvalue weighted by Crippen LogP contribution is -2.37. The summed E-state index contributed by atoms with van der Waals surface area (Å²) in [6, 6.07) is 7.25. The first-order chi connectivity index (χ1) is 7.65. The molecule has 0 aromatic heterocycles. The average Bonchev–Trinajstić information content (AvgIpc) is 2.26. The molecule has 0 saturated heterocycles. The Bertz CT molecular complexity index is 355. The molecule has 0 aliphatic carbocycles. The third-order valence-electron chi connectivity index (χ3n) is 2.25. The fourth-order valence-corrected chi connectivity index (χ4v) is 1.69. The highest BCUT2D eigenvalue weighted by atomic mass is 35.5. The molecule has 2 amide bonds. The minimum atomic E-state index is -0.158. The standard InChI is InChI=1S/C12H17ClN2O/c1-3-8-14-12(16)15-9(2)10-6-4-5-7-11(10)13/h4-7,9H,3,8H2,1-2H3,(H2,14,15,16). The van der Waals surface area contributed by atoms with Gasteiger partial charge in [0.1, 0.15) is 0 Å². The Labute approximate surface area is 101 Å². The van der Waals surface area contributed by atoms with Crippen LogP contribution >= 0.6 is 11.6 Å². The third kappa shape index (κ3) is 3.74. The Morgan fingerprint density at radius 3 is 2.75 bits per heavy atom. The van der Waals surface area contributed by atoms with Crippen LogP contribution in [-0.2, 0) is 0 Å². The highest BCUT2D eigenvalue weighted by Gasteiger charge is 2.11. The van der Waals surface area contributed by atoms with Gasteiger partial charge in [-0.3, -0.25) is 0 Å². The van der Waals surface area contributed by atoms with Crippen molar-refractivity contribution in [2.24, 2.45) is 0 Å². The lowest BCUT2D eigenvalue weighted by atomic mass is 10.1. The summed E-state index contributed by atoms with van der Waals surface area (Å²) in [7, 11) is 0. The average molecular weight is 241 g/mol. The van der Waals surface area contributed by atoms with Gasteiger partial charge in [0.25, 0.3) is 0 Å². The molecule has 1 rings (SSSR count). The van der Waals surface area contributed by atoms with E-state index in [4.69, 9.17) is 11.6 Å². The SMILES string of the molecule is CCCNC(=O)NC(C)c1ccccc1Cl. The zero-order valence-electron chi connectivity index (χ0n) is 9.59. The second-order valence-electron chi connectivity index (χ2n) is 3.64. The number of hydrogen-bond donors (Lipinski definition) is 2. The van der Waals surface area contributed by atoms with Crippen LogP contribution in [0.5, 0.6) is 0 Å². The van der Waals surface area contributed by atoms with E-state index in [0.29, 0.717) is 11.6 Å². The fourth-order valence-electron chi connectivity index (χ4n) is 1.39. The van der Waals surface area contributed by atoms with Crippen molar-refractivity contribution in [3.8, 4) is 0 Å². The summed E-state index contributed by atoms with van der Waals surface area (Å²) >= 11 is 6.04. The van der Waals surface area contributed by atoms with E-state index < -0.39 is 0 Å². The number of urea groups is 1. The molecule has 0 spiro atoms. The van der Waals surface area contributed by atoms with Crippen LogP contribution in [0.25, 0.3) is 0 Å². The normalized spacial score (nSPS) is 11.9. The topological polar surface area (TPSA) is 41.1 Å². The maximum atomic E-state index is 11.4. The molecule has 0 radical (unpaired) electrons. The molecule has 88 valence electrons. The van der Waals surface area contributed by atoms with Crippen LogP contribution in [0.3, 0.4) is 0 Å². The van der Waals surface area contributed by atoms with Crippen molar-refractivity contribution in [3.05, 3.63) is 34.9 Å². The summed E-state index contributed by atoms with van der Waals surface area (Å²) in [6.45, 7) is 4.60. The van der Waals surface area contributed by atoms with Crippen LogP contribution in [0.2, 0.25) is 5.02 Å². The third-order valence-corrected chi connectivity index (χ3v) is 2.60. The number of halogens is 1. The molecule has 3 nitrogen and oxygen atoms in total. The summed E-state index contributed by atoms with van der Waals surface area (Å²) in [5.41, 5.74) is 0.927. The van der Waals surface area contributed by atoms with Crippen LogP contribution in [0.15, 0.2) is 24.3 Å². The maximum absolute atomic E-state index is 11.4. The Hall–Kier alpha value is -1.22. The number of nitrogens with one attached hydrogen (secondary N) is 2. The number of rotatable bonds is 4. The predicted octanol–water partition coefficient (Wildman–Crippen LogP) is 3.11. The highest BCUT2D eigenvalue weighted by molar-refractivity contribution is 6.31. The summed E-state index contributed by atoms with van der Waals surface area (Å²) in [5.74, 6) is 0. The van der Waals surface area contributed by atoms with Crippen molar-refractivity contribution in [2.45, 2.75) is 26.3 Å². The number of amides is 2. The molecular formula is C12H17ClN2O. The van der Waals surface area contributed by atoms with Gasteiger partial charge in [0.05, 0.1) is 6.04 Å². The van der Waals surface area contributed by atoms with Crippen molar-refractivity contribution in [3.63, 3.8) is 0 Å². The van der Waals surface area contributed by atoms with Crippen LogP contribution < -0.4 is 10.6 Å². The molecule has 0 heterocycles. The van der Waals surface area contributed by atoms with E-state index in [1.54, 1.807) is 0 Å². The maximum Gasteiger partial charge on any atom is 0.315 e. The van der Waals surface area contributed by atoms with E-state index in [1.807, 2.05) is 38.1 Å². The molecule has 4 heteroatoms. The Morgan fingerprint density at radius 2 is 2.12 bits per heavy atom. The van der Waals surface area contributed by atoms with E-state index in [0.717, 1.165) is 12.0 Å². The van der Waals surface area contributed by atoms with Crippen LogP contribution in [-0.4, -0.2) is 12.6 Å². The summed E-state index contributed by atoms with van der Waals surface area (Å²) < 4.78 is 0. The molecule has 16 heavy (non-hydrogen) atoms. The van der Waals surface area contributed by atoms with E-state index >= 15 is 0 Å². The van der Waals surface area contributed by atoms with Gasteiger partial charge in [0.15, 0.2) is 0 Å². The molecule has 2 N–H and O–H groups in total. The molecular weight excluding hydrogens is 224 g/mol. The molecule has 1 aromatic rings. The Balaban J connectivity index is 2.55. The second-order valence-corrected chi connectivity index (χ2v) is 4.05. The van der Waals surface area contributed by atoms with Crippen molar-refractivity contribution in [1.82, 2.24) is 10.6 Å². The lowest BCUT2D eigenvalue weighted by molar-refractivity contribution is 0.238. The minimum Gasteiger partial charge on any atom is -0.338 e. The highest BCUT2D eigenvalue weighted by Crippen LogP contribution is 2.21. The monoisotopic (exact) mass is 240 g/mol. The van der Waals surface area contributed by atoms with Crippen molar-refractivity contribution in [1.29, 1.82) is 0 Å². The van der Waals surface area contributed by atoms with Gasteiger partial charge in [0.2, 0.25) is 0 Å². The van der Waals surface area contributed by atoms with Gasteiger partial charge in [0, 0.05) is 11.6 Å². The van der Waals surface area contributed by atoms with E-state index in [9.17, 15) is 4.79 Å². The van der Waals surface area contributed by atoms with E-state index in [-0.39, 0.29) is 12.1 Å². The largest absolute Gasteiger partial charge is 0.338 e. The van der Waals surface area contributed by atoms with Gasteiger partial charge in [-0.25, -0.2) is 4.79 Å². The number of carbonyl (C=O) groups excluding carboxylic acids is 1. The summed E-state index contributed by atoms with van der Waals surface area (Å²) in [4.78, 5) is 11.4. The van der Waals surface area contributed by atoms with Gasteiger partial charge >= 0.3 is 6.03 Å². The first-order valence-electron chi connectivity index (χ1n) is 5.44. The molecule has 0 fully saturated rings. The minimum absolute atomic E-state index is 0.0921. The van der Waals surface area contributed by atoms with Crippen molar-refractivity contribution in [2.75, 3.05) is 6.54 Å². The van der Waals surface area contributed by atoms with Gasteiger partial charge < -0.3 is 10.6 Å². The smallest absolute Gasteiger partial charge is 0.315 e. The molecule has 1 atom stereocenters. The zero-order chi connectivity index (χ0) is 12.0. The van der Waals surface area contributed by atoms with Crippen LogP contribution in [0.1, 0.15) is 31.9 Å². The van der Waals surface area contributed by atoms with Crippen molar-refractivity contribution >= 4 is 17.6 Å². The predicted molar refractivity (Wildman–Crippen MR) is 66.7 cm³/mol. The Kier molecular flexibility index (Phi) is 5.12. The van der Waals surface area contributed by atoms with Crippen molar-refractivity contribution < 1.29 is 4.79 Å². The summed E-state index contributed by atoms with van der Waals surface area (Å²) in [6.07, 6.45) is 0.924. The van der Waals surface area contributed by atoms with E-state index in [1.165, 1.54) is 0 Å². The van der Waals surface area contributed by atoms with Gasteiger partial charge in [-0.15, -0.1) is 0 Å². The Morgan fingerprint density at radius 1 is 1.44 bits per heavy atom. The second kappa shape index (κ2) is 6.38. The van der Waals surface area contributed by atoms with Crippen LogP contribution in [0.4, 0.5) is 4.79 Å². The van der Waals surface area contributed by atoms with Gasteiger partial charge in [-0.05, 0) is 25.0 Å². The zero-order valence-corrected chi connectivity index (χ0v) is 10.3. The fraction of sp³-hybridized carbons (Fsp3) is 0.417. The van der Waals surface area contributed by atoms with E-state index in [2.05, 4.69) is 10.6 Å². The first kappa shape index (κ1) is 12.8. The quantitative estimate of drug-likeness (QED) is 0.834. The molecule has 0 aliphatic rings. The van der Waals surface area contributed by atoms with Gasteiger partial charge in [-0.1, -0.05) is 36.7 Å². The molecule has 1 unspecified atom stereocenters. The molecule has 1 aromatic carbocycles. The van der Waals surface area contributed by atoms with Gasteiger partial charge in [-0.2, -0.15) is 0 Å². The summed E-state index contributed by atoms with van der Waals surface area (Å²) in [5, 5.41) is 6.27. The van der Waals surface area contributed by atoms with Crippen LogP contribution in [0, 0.1) is 0 Å². The molecule has 0 bridgehead atoms. The lowest BCUT2D eigenvalue weighted by Gasteiger charge is -2.15. The number of carbonyl (C=O) groups is 1.